The Morgan fingerprint density at radius 3 is 2.12 bits per heavy atom. The van der Waals surface area contributed by atoms with Gasteiger partial charge in [0.05, 0.1) is 0 Å². The normalized spacial score (nSPS) is 13.9. The molecule has 1 unspecified atom stereocenters. The molecule has 0 aliphatic rings. The monoisotopic (exact) mass is 230 g/mol. The maximum Gasteiger partial charge on any atom is 0.326 e. The number of carboxylic acid groups (broad SMARTS) is 1. The fourth-order valence-electron chi connectivity index (χ4n) is 1.45. The average Bonchev–Trinajstić information content (AvgIpc) is 2.24. The zero-order chi connectivity index (χ0) is 12.6. The molecule has 5 heteroatoms. The van der Waals surface area contributed by atoms with Gasteiger partial charge in [-0.25, -0.2) is 9.59 Å². The number of nitrogens with one attached hydrogen (secondary N) is 2. The number of carbonyl (C=O) groups excluding carboxylic acids is 1. The second kappa shape index (κ2) is 7.96. The smallest absolute Gasteiger partial charge is 0.326 e. The lowest BCUT2D eigenvalue weighted by Gasteiger charge is -2.18. The Hall–Kier alpha value is -1.26. The van der Waals surface area contributed by atoms with Gasteiger partial charge in [0.15, 0.2) is 0 Å². The minimum Gasteiger partial charge on any atom is -0.480 e. The summed E-state index contributed by atoms with van der Waals surface area (Å²) in [7, 11) is 0. The molecule has 0 heterocycles. The molecule has 0 aromatic carbocycles. The van der Waals surface area contributed by atoms with Crippen LogP contribution in [0.15, 0.2) is 0 Å². The highest BCUT2D eigenvalue weighted by Gasteiger charge is 2.18. The first-order valence-electron chi connectivity index (χ1n) is 5.84. The van der Waals surface area contributed by atoms with Crippen LogP contribution in [-0.4, -0.2) is 29.2 Å². The van der Waals surface area contributed by atoms with Gasteiger partial charge in [0.2, 0.25) is 0 Å². The van der Waals surface area contributed by atoms with Gasteiger partial charge in [0.1, 0.15) is 6.04 Å². The maximum atomic E-state index is 11.5. The molecule has 0 aliphatic heterocycles. The number of rotatable bonds is 7. The van der Waals surface area contributed by atoms with Gasteiger partial charge in [-0.05, 0) is 19.3 Å². The number of urea groups is 1. The lowest BCUT2D eigenvalue weighted by atomic mass is 10.1. The lowest BCUT2D eigenvalue weighted by molar-refractivity contribution is -0.139. The number of carbonyl (C=O) groups is 2. The van der Waals surface area contributed by atoms with Crippen molar-refractivity contribution in [2.24, 2.45) is 0 Å². The van der Waals surface area contributed by atoms with Crippen LogP contribution in [0.3, 0.4) is 0 Å². The van der Waals surface area contributed by atoms with Crippen LogP contribution in [0.25, 0.3) is 0 Å². The first-order chi connectivity index (χ1) is 7.54. The number of amides is 2. The average molecular weight is 230 g/mol. The number of aliphatic carboxylic acids is 1. The lowest BCUT2D eigenvalue weighted by Crippen LogP contribution is -2.48. The predicted octanol–water partition coefficient (Wildman–Crippen LogP) is 1.73. The van der Waals surface area contributed by atoms with E-state index >= 15 is 0 Å². The summed E-state index contributed by atoms with van der Waals surface area (Å²) in [6.07, 6.45) is 3.14. The van der Waals surface area contributed by atoms with E-state index in [0.29, 0.717) is 6.42 Å². The van der Waals surface area contributed by atoms with E-state index in [1.54, 1.807) is 6.92 Å². The summed E-state index contributed by atoms with van der Waals surface area (Å²) in [5.74, 6) is -0.999. The summed E-state index contributed by atoms with van der Waals surface area (Å²) in [6.45, 7) is 5.77. The van der Waals surface area contributed by atoms with Gasteiger partial charge in [0.25, 0.3) is 0 Å². The molecule has 0 radical (unpaired) electrons. The van der Waals surface area contributed by atoms with Gasteiger partial charge >= 0.3 is 12.0 Å². The van der Waals surface area contributed by atoms with Gasteiger partial charge < -0.3 is 15.7 Å². The molecular weight excluding hydrogens is 208 g/mol. The molecule has 0 fully saturated rings. The van der Waals surface area contributed by atoms with Crippen molar-refractivity contribution in [1.29, 1.82) is 0 Å². The predicted molar refractivity (Wildman–Crippen MR) is 62.4 cm³/mol. The highest BCUT2D eigenvalue weighted by Crippen LogP contribution is 2.00. The van der Waals surface area contributed by atoms with Crippen molar-refractivity contribution in [3.63, 3.8) is 0 Å². The van der Waals surface area contributed by atoms with Crippen LogP contribution in [0, 0.1) is 0 Å². The van der Waals surface area contributed by atoms with E-state index in [9.17, 15) is 9.59 Å². The molecule has 94 valence electrons. The molecule has 0 rings (SSSR count). The molecule has 0 aliphatic carbocycles. The van der Waals surface area contributed by atoms with Crippen molar-refractivity contribution >= 4 is 12.0 Å². The molecular formula is C11H22N2O3. The fourth-order valence-corrected chi connectivity index (χ4v) is 1.45. The molecule has 0 aromatic heterocycles. The highest BCUT2D eigenvalue weighted by atomic mass is 16.4. The second-order valence-corrected chi connectivity index (χ2v) is 3.81. The molecule has 5 nitrogen and oxygen atoms in total. The van der Waals surface area contributed by atoms with Crippen molar-refractivity contribution in [3.05, 3.63) is 0 Å². The maximum absolute atomic E-state index is 11.5. The molecule has 2 atom stereocenters. The topological polar surface area (TPSA) is 78.4 Å². The summed E-state index contributed by atoms with van der Waals surface area (Å²) < 4.78 is 0. The third-order valence-electron chi connectivity index (χ3n) is 2.48. The molecule has 0 aromatic rings. The Kier molecular flexibility index (Phi) is 7.33. The number of carboxylic acids is 1. The standard InChI is InChI=1S/C11H22N2O3/c1-4-7-8(5-2)12-11(16)13-9(6-3)10(14)15/h8-9H,4-7H2,1-3H3,(H,14,15)(H2,12,13,16)/t8?,9-/m0/s1. The summed E-state index contributed by atoms with van der Waals surface area (Å²) >= 11 is 0. The summed E-state index contributed by atoms with van der Waals surface area (Å²) in [6, 6.07) is -1.08. The Morgan fingerprint density at radius 2 is 1.75 bits per heavy atom. The van der Waals surface area contributed by atoms with Crippen LogP contribution in [0.4, 0.5) is 4.79 Å². The minimum absolute atomic E-state index is 0.122. The van der Waals surface area contributed by atoms with Crippen molar-refractivity contribution in [1.82, 2.24) is 10.6 Å². The first-order valence-corrected chi connectivity index (χ1v) is 5.84. The van der Waals surface area contributed by atoms with E-state index in [2.05, 4.69) is 10.6 Å². The van der Waals surface area contributed by atoms with Crippen molar-refractivity contribution in [2.45, 2.75) is 58.5 Å². The molecule has 0 saturated heterocycles. The Bertz CT molecular complexity index is 231. The minimum atomic E-state index is -0.999. The molecule has 16 heavy (non-hydrogen) atoms. The van der Waals surface area contributed by atoms with Gasteiger partial charge in [-0.3, -0.25) is 0 Å². The summed E-state index contributed by atoms with van der Waals surface area (Å²) in [4.78, 5) is 22.2. The summed E-state index contributed by atoms with van der Waals surface area (Å²) in [5, 5.41) is 14.0. The number of hydrogen-bond donors (Lipinski definition) is 3. The van der Waals surface area contributed by atoms with Crippen LogP contribution in [-0.2, 0) is 4.79 Å². The molecule has 2 amide bonds. The largest absolute Gasteiger partial charge is 0.480 e. The van der Waals surface area contributed by atoms with Crippen LogP contribution >= 0.6 is 0 Å². The SMILES string of the molecule is CCCC(CC)NC(=O)N[C@@H](CC)C(=O)O. The van der Waals surface area contributed by atoms with E-state index in [1.807, 2.05) is 13.8 Å². The third-order valence-corrected chi connectivity index (χ3v) is 2.48. The quantitative estimate of drug-likeness (QED) is 0.623. The van der Waals surface area contributed by atoms with Gasteiger partial charge in [-0.1, -0.05) is 27.2 Å². The zero-order valence-corrected chi connectivity index (χ0v) is 10.2. The molecule has 0 saturated carbocycles. The number of hydrogen-bond acceptors (Lipinski definition) is 2. The van der Waals surface area contributed by atoms with Crippen LogP contribution in [0.5, 0.6) is 0 Å². The van der Waals surface area contributed by atoms with Crippen molar-refractivity contribution in [2.75, 3.05) is 0 Å². The first kappa shape index (κ1) is 14.7. The molecule has 0 bridgehead atoms. The van der Waals surface area contributed by atoms with Crippen molar-refractivity contribution < 1.29 is 14.7 Å². The van der Waals surface area contributed by atoms with Crippen LogP contribution in [0.1, 0.15) is 46.5 Å². The van der Waals surface area contributed by atoms with E-state index in [1.165, 1.54) is 0 Å². The van der Waals surface area contributed by atoms with Gasteiger partial charge in [-0.15, -0.1) is 0 Å². The Labute approximate surface area is 96.6 Å². The van der Waals surface area contributed by atoms with Gasteiger partial charge in [0, 0.05) is 6.04 Å². The van der Waals surface area contributed by atoms with Crippen LogP contribution < -0.4 is 10.6 Å². The second-order valence-electron chi connectivity index (χ2n) is 3.81. The van der Waals surface area contributed by atoms with Crippen molar-refractivity contribution in [3.8, 4) is 0 Å². The van der Waals surface area contributed by atoms with E-state index in [-0.39, 0.29) is 6.04 Å². The van der Waals surface area contributed by atoms with E-state index < -0.39 is 18.0 Å². The van der Waals surface area contributed by atoms with Gasteiger partial charge in [-0.2, -0.15) is 0 Å². The zero-order valence-electron chi connectivity index (χ0n) is 10.2. The Balaban J connectivity index is 4.09. The Morgan fingerprint density at radius 1 is 1.12 bits per heavy atom. The fraction of sp³-hybridized carbons (Fsp3) is 0.818. The highest BCUT2D eigenvalue weighted by molar-refractivity contribution is 5.82. The van der Waals surface area contributed by atoms with Crippen LogP contribution in [0.2, 0.25) is 0 Å². The third kappa shape index (κ3) is 5.58. The van der Waals surface area contributed by atoms with E-state index in [4.69, 9.17) is 5.11 Å². The van der Waals surface area contributed by atoms with E-state index in [0.717, 1.165) is 19.3 Å². The summed E-state index contributed by atoms with van der Waals surface area (Å²) in [5.41, 5.74) is 0. The molecule has 0 spiro atoms. The molecule has 3 N–H and O–H groups in total.